The van der Waals surface area contributed by atoms with Crippen LogP contribution in [0.5, 0.6) is 11.5 Å². The molecule has 0 N–H and O–H groups in total. The summed E-state index contributed by atoms with van der Waals surface area (Å²) in [4.78, 5) is 0. The van der Waals surface area contributed by atoms with Crippen LogP contribution in [-0.4, -0.2) is 0 Å². The lowest BCUT2D eigenvalue weighted by atomic mass is 9.60. The van der Waals surface area contributed by atoms with Gasteiger partial charge in [-0.05, 0) is 82.5 Å². The average Bonchev–Trinajstić information content (AvgIpc) is 3.31. The highest BCUT2D eigenvalue weighted by Gasteiger charge is 2.49. The molecule has 0 fully saturated rings. The Morgan fingerprint density at radius 3 is 1.14 bits per heavy atom. The summed E-state index contributed by atoms with van der Waals surface area (Å²) < 4.78 is 7.55. The summed E-state index contributed by atoms with van der Waals surface area (Å²) >= 11 is 0. The third-order valence-electron chi connectivity index (χ3n) is 12.6. The smallest absolute Gasteiger partial charge is 0.140 e. The molecule has 58 heavy (non-hydrogen) atoms. The molecule has 0 unspecified atom stereocenters. The minimum absolute atomic E-state index is 0.784. The predicted molar refractivity (Wildman–Crippen MR) is 243 cm³/mol. The van der Waals surface area contributed by atoms with Crippen molar-refractivity contribution >= 4 is 53.9 Å². The van der Waals surface area contributed by atoms with E-state index < -0.39 is 5.41 Å². The maximum Gasteiger partial charge on any atom is 0.140 e. The molecule has 0 saturated heterocycles. The van der Waals surface area contributed by atoms with Gasteiger partial charge in [-0.1, -0.05) is 212 Å². The minimum Gasteiger partial charge on any atom is -0.455 e. The van der Waals surface area contributed by atoms with Gasteiger partial charge in [0.25, 0.3) is 0 Å². The van der Waals surface area contributed by atoms with Crippen molar-refractivity contribution in [3.63, 3.8) is 0 Å². The molecule has 1 aliphatic rings. The molecule has 0 amide bonds. The molecule has 0 saturated carbocycles. The Labute approximate surface area is 337 Å². The van der Waals surface area contributed by atoms with E-state index in [1.165, 1.54) is 87.6 Å². The van der Waals surface area contributed by atoms with Gasteiger partial charge in [-0.3, -0.25) is 0 Å². The van der Waals surface area contributed by atoms with Crippen molar-refractivity contribution < 1.29 is 4.74 Å². The third-order valence-corrected chi connectivity index (χ3v) is 12.6. The van der Waals surface area contributed by atoms with Crippen LogP contribution in [0.1, 0.15) is 22.3 Å². The van der Waals surface area contributed by atoms with Crippen LogP contribution >= 0.6 is 0 Å². The summed E-state index contributed by atoms with van der Waals surface area (Å²) in [6.07, 6.45) is 0. The van der Waals surface area contributed by atoms with Crippen LogP contribution in [0.25, 0.3) is 76.1 Å². The van der Waals surface area contributed by atoms with E-state index in [2.05, 4.69) is 218 Å². The molecule has 0 atom stereocenters. The summed E-state index contributed by atoms with van der Waals surface area (Å²) in [5.74, 6) is 1.82. The van der Waals surface area contributed by atoms with Gasteiger partial charge in [0, 0.05) is 21.9 Å². The van der Waals surface area contributed by atoms with Crippen molar-refractivity contribution in [3.05, 3.63) is 241 Å². The summed E-state index contributed by atoms with van der Waals surface area (Å²) in [5.41, 5.74) is 8.70. The van der Waals surface area contributed by atoms with Crippen LogP contribution in [0.2, 0.25) is 0 Å². The molecule has 12 rings (SSSR count). The lowest BCUT2D eigenvalue weighted by Crippen LogP contribution is -2.35. The average molecular weight is 737 g/mol. The largest absolute Gasteiger partial charge is 0.455 e. The number of benzene rings is 11. The minimum atomic E-state index is -0.784. The fourth-order valence-corrected chi connectivity index (χ4v) is 9.97. The second-order valence-corrected chi connectivity index (χ2v) is 15.5. The van der Waals surface area contributed by atoms with Gasteiger partial charge in [0.1, 0.15) is 11.5 Å². The molecule has 270 valence electrons. The Kier molecular flexibility index (Phi) is 7.21. The van der Waals surface area contributed by atoms with E-state index >= 15 is 0 Å². The Bertz CT molecular complexity index is 3270. The van der Waals surface area contributed by atoms with Crippen LogP contribution in [-0.2, 0) is 5.41 Å². The van der Waals surface area contributed by atoms with Gasteiger partial charge in [0.05, 0.1) is 5.41 Å². The maximum absolute atomic E-state index is 7.55. The number of hydrogen-bond acceptors (Lipinski definition) is 1. The standard InChI is InChI=1S/C57H36O/c1-2-14-37(15-3-1)39-28-32-43(33-29-39)57(44-34-30-40(31-35-44)42-27-26-38-16-4-5-17-41(38)36-42)53-49-22-10-6-18-45(49)47-20-8-12-24-51(47)55(53)58-56-52-25-13-9-21-48(52)46-19-7-11-23-50(46)54(56)57/h1-36H. The first-order valence-corrected chi connectivity index (χ1v) is 20.1. The van der Waals surface area contributed by atoms with E-state index in [1.54, 1.807) is 0 Å². The maximum atomic E-state index is 7.55. The zero-order valence-corrected chi connectivity index (χ0v) is 31.7. The molecule has 1 nitrogen and oxygen atoms in total. The molecule has 0 aromatic heterocycles. The first-order chi connectivity index (χ1) is 28.8. The summed E-state index contributed by atoms with van der Waals surface area (Å²) in [6.45, 7) is 0. The first-order valence-electron chi connectivity index (χ1n) is 20.1. The Hall–Kier alpha value is -7.48. The SMILES string of the molecule is c1ccc(-c2ccc(C3(c4ccc(-c5ccc6ccccc6c5)cc4)c4c(c5ccccc5c5ccccc45)Oc4c3c3ccccc3c3ccccc43)cc2)cc1. The Morgan fingerprint density at radius 1 is 0.259 bits per heavy atom. The molecule has 11 aromatic carbocycles. The normalized spacial score (nSPS) is 13.1. The lowest BCUT2D eigenvalue weighted by molar-refractivity contribution is 0.449. The predicted octanol–water partition coefficient (Wildman–Crippen LogP) is 15.3. The molecular weight excluding hydrogens is 701 g/mol. The van der Waals surface area contributed by atoms with Gasteiger partial charge in [-0.15, -0.1) is 0 Å². The van der Waals surface area contributed by atoms with Crippen molar-refractivity contribution in [3.8, 4) is 33.8 Å². The number of ether oxygens (including phenoxy) is 1. The van der Waals surface area contributed by atoms with Crippen LogP contribution in [0.4, 0.5) is 0 Å². The van der Waals surface area contributed by atoms with E-state index in [1.807, 2.05) is 0 Å². The van der Waals surface area contributed by atoms with Crippen molar-refractivity contribution in [2.24, 2.45) is 0 Å². The molecule has 0 spiro atoms. The molecule has 1 heteroatoms. The lowest BCUT2D eigenvalue weighted by Gasteiger charge is -2.44. The van der Waals surface area contributed by atoms with Gasteiger partial charge in [0.15, 0.2) is 0 Å². The van der Waals surface area contributed by atoms with Gasteiger partial charge in [0.2, 0.25) is 0 Å². The summed E-state index contributed by atoms with van der Waals surface area (Å²) in [5, 5.41) is 11.9. The van der Waals surface area contributed by atoms with Crippen molar-refractivity contribution in [1.29, 1.82) is 0 Å². The zero-order chi connectivity index (χ0) is 38.2. The van der Waals surface area contributed by atoms with Gasteiger partial charge < -0.3 is 4.74 Å². The van der Waals surface area contributed by atoms with E-state index in [4.69, 9.17) is 4.74 Å². The highest BCUT2D eigenvalue weighted by molar-refractivity contribution is 6.18. The van der Waals surface area contributed by atoms with E-state index in [0.717, 1.165) is 22.3 Å². The zero-order valence-electron chi connectivity index (χ0n) is 31.7. The molecule has 0 aliphatic carbocycles. The van der Waals surface area contributed by atoms with Crippen LogP contribution in [0, 0.1) is 0 Å². The monoisotopic (exact) mass is 736 g/mol. The number of hydrogen-bond donors (Lipinski definition) is 0. The Morgan fingerprint density at radius 2 is 0.621 bits per heavy atom. The third kappa shape index (κ3) is 4.71. The van der Waals surface area contributed by atoms with Crippen molar-refractivity contribution in [1.82, 2.24) is 0 Å². The van der Waals surface area contributed by atoms with E-state index in [-0.39, 0.29) is 0 Å². The molecular formula is C57H36O. The van der Waals surface area contributed by atoms with Crippen molar-refractivity contribution in [2.75, 3.05) is 0 Å². The van der Waals surface area contributed by atoms with Gasteiger partial charge >= 0.3 is 0 Å². The van der Waals surface area contributed by atoms with E-state index in [0.29, 0.717) is 0 Å². The van der Waals surface area contributed by atoms with Gasteiger partial charge in [-0.25, -0.2) is 0 Å². The van der Waals surface area contributed by atoms with Gasteiger partial charge in [-0.2, -0.15) is 0 Å². The van der Waals surface area contributed by atoms with Crippen LogP contribution < -0.4 is 4.74 Å². The molecule has 0 bridgehead atoms. The second-order valence-electron chi connectivity index (χ2n) is 15.5. The molecule has 1 aliphatic heterocycles. The fraction of sp³-hybridized carbons (Fsp3) is 0.0175. The number of fused-ring (bicyclic) bond motifs is 13. The fourth-order valence-electron chi connectivity index (χ4n) is 9.97. The quantitative estimate of drug-likeness (QED) is 0.164. The molecule has 0 radical (unpaired) electrons. The summed E-state index contributed by atoms with van der Waals surface area (Å²) in [6, 6.07) is 80.1. The highest BCUT2D eigenvalue weighted by atomic mass is 16.5. The molecule has 11 aromatic rings. The second kappa shape index (κ2) is 12.8. The topological polar surface area (TPSA) is 9.23 Å². The van der Waals surface area contributed by atoms with Crippen molar-refractivity contribution in [2.45, 2.75) is 5.41 Å². The van der Waals surface area contributed by atoms with Crippen LogP contribution in [0.15, 0.2) is 218 Å². The highest BCUT2D eigenvalue weighted by Crippen LogP contribution is 2.62. The summed E-state index contributed by atoms with van der Waals surface area (Å²) in [7, 11) is 0. The number of rotatable bonds is 4. The molecule has 1 heterocycles. The van der Waals surface area contributed by atoms with Crippen LogP contribution in [0.3, 0.4) is 0 Å². The van der Waals surface area contributed by atoms with E-state index in [9.17, 15) is 0 Å². The Balaban J connectivity index is 1.26. The first kappa shape index (κ1) is 32.7.